The van der Waals surface area contributed by atoms with Crippen molar-refractivity contribution in [1.29, 1.82) is 5.26 Å². The Bertz CT molecular complexity index is 2480. The number of nitriles is 1. The van der Waals surface area contributed by atoms with Gasteiger partial charge >= 0.3 is 66.0 Å². The fourth-order valence-electron chi connectivity index (χ4n) is 6.94. The Morgan fingerprint density at radius 2 is 0.652 bits per heavy atom. The predicted molar refractivity (Wildman–Crippen MR) is 316 cm³/mol. The number of hydrogen-bond acceptors (Lipinski definition) is 10. The normalized spacial score (nSPS) is 13.0. The number of rotatable bonds is 40. The van der Waals surface area contributed by atoms with E-state index in [0.717, 1.165) is 90.8 Å². The quantitative estimate of drug-likeness (QED) is 0.0122. The minimum absolute atomic E-state index is 0.00396. The van der Waals surface area contributed by atoms with Crippen molar-refractivity contribution in [3.63, 3.8) is 0 Å². The van der Waals surface area contributed by atoms with Gasteiger partial charge in [0.15, 0.2) is 0 Å². The molecule has 89 heavy (non-hydrogen) atoms. The van der Waals surface area contributed by atoms with Crippen molar-refractivity contribution in [3.05, 3.63) is 105 Å². The number of hydrogen-bond donors (Lipinski definition) is 0. The molecule has 0 atom stereocenters. The molecule has 33 heteroatoms. The van der Waals surface area contributed by atoms with Crippen molar-refractivity contribution >= 4 is 25.7 Å². The fourth-order valence-corrected chi connectivity index (χ4v) is 7.83. The monoisotopic (exact) mass is 1360 g/mol. The van der Waals surface area contributed by atoms with Gasteiger partial charge in [0.05, 0.1) is 116 Å². The van der Waals surface area contributed by atoms with Crippen LogP contribution in [0.3, 0.4) is 0 Å². The Kier molecular flexibility index (Phi) is 40.1. The van der Waals surface area contributed by atoms with Crippen molar-refractivity contribution < 1.29 is 110 Å². The Labute approximate surface area is 517 Å². The standard InChI is InChI=1S/2C20H36N4O2.C14H22O5S.C2H3N.2F6P/c2*1-3-5-7-21-9-11-23(19-21)13-15-25-17-18-26-16-14-24-12-10-22(20-24)8-6-4-2;1-3-8-17-9-10-18-11-12-19-20(15,16)14-6-4-13(2)5-7-14;1-2-3;2*1-7(2,3,4,5)6/h2*9-12,19-20H,3-8,13-18H2,1-2H3;4-7H,3,8-12H2,1-2H3;1H3;;/q2*+2;;;2*-1. The molecule has 0 aliphatic carbocycles. The van der Waals surface area contributed by atoms with E-state index in [2.05, 4.69) is 139 Å². The average molecular weight is 1360 g/mol. The second-order valence-electron chi connectivity index (χ2n) is 19.9. The molecule has 1 aromatic carbocycles. The van der Waals surface area contributed by atoms with Gasteiger partial charge in [-0.15, -0.1) is 0 Å². The van der Waals surface area contributed by atoms with Crippen LogP contribution in [0.5, 0.6) is 0 Å². The van der Waals surface area contributed by atoms with Gasteiger partial charge in [-0.25, -0.2) is 36.5 Å². The van der Waals surface area contributed by atoms with E-state index in [-0.39, 0.29) is 18.1 Å². The first-order valence-electron chi connectivity index (χ1n) is 29.6. The Hall–Kier alpha value is -4.76. The summed E-state index contributed by atoms with van der Waals surface area (Å²) >= 11 is 0. The Morgan fingerprint density at radius 3 is 0.899 bits per heavy atom. The summed E-state index contributed by atoms with van der Waals surface area (Å²) in [7, 11) is -25.0. The van der Waals surface area contributed by atoms with Crippen LogP contribution in [0.25, 0.3) is 0 Å². The van der Waals surface area contributed by atoms with Crippen molar-refractivity contribution in [2.24, 2.45) is 0 Å². The number of ether oxygens (including phenoxy) is 6. The zero-order chi connectivity index (χ0) is 67.3. The summed E-state index contributed by atoms with van der Waals surface area (Å²) in [5.74, 6) is 0. The van der Waals surface area contributed by atoms with Crippen LogP contribution in [-0.2, 0) is 95.1 Å². The second-order valence-corrected chi connectivity index (χ2v) is 25.3. The predicted octanol–water partition coefficient (Wildman–Crippen LogP) is 13.8. The number of benzene rings is 1. The van der Waals surface area contributed by atoms with Crippen LogP contribution in [-0.4, -0.2) is 113 Å². The molecular formula is C56H97F12N9O9P2S+2. The van der Waals surface area contributed by atoms with Gasteiger partial charge in [-0.1, -0.05) is 78.0 Å². The molecule has 0 N–H and O–H groups in total. The molecule has 4 heterocycles. The van der Waals surface area contributed by atoms with Crippen molar-refractivity contribution in [2.45, 2.75) is 164 Å². The molecule has 0 unspecified atom stereocenters. The van der Waals surface area contributed by atoms with E-state index < -0.39 is 25.7 Å². The van der Waals surface area contributed by atoms with Crippen molar-refractivity contribution in [1.82, 2.24) is 18.3 Å². The first-order valence-corrected chi connectivity index (χ1v) is 35.0. The fraction of sp³-hybridized carbons (Fsp3) is 0.661. The zero-order valence-corrected chi connectivity index (χ0v) is 55.1. The van der Waals surface area contributed by atoms with E-state index in [1.165, 1.54) is 70.4 Å². The SMILES string of the molecule is CC#N.CCCC[n+]1ccn(CCOCCOCCn2cc[n+](CCCC)c2)c1.CCCC[n+]1ccn(CCOCCOCCn2cc[n+](CCCC)c2)c1.CCCOCCOCCOS(=O)(=O)c1ccc(C)cc1.F[P-](F)(F)(F)(F)F.F[P-](F)(F)(F)(F)F. The maximum atomic E-state index is 11.8. The third-order valence-corrected chi connectivity index (χ3v) is 12.6. The Balaban J connectivity index is 0.00000116. The van der Waals surface area contributed by atoms with E-state index in [4.69, 9.17) is 37.9 Å². The molecule has 0 bridgehead atoms. The molecule has 0 saturated heterocycles. The van der Waals surface area contributed by atoms with E-state index >= 15 is 0 Å². The Morgan fingerprint density at radius 1 is 0.416 bits per heavy atom. The van der Waals surface area contributed by atoms with Gasteiger partial charge in [0.2, 0.25) is 25.3 Å². The van der Waals surface area contributed by atoms with E-state index in [9.17, 15) is 58.8 Å². The van der Waals surface area contributed by atoms with Crippen molar-refractivity contribution in [2.75, 3.05) is 85.9 Å². The molecule has 0 aliphatic heterocycles. The zero-order valence-electron chi connectivity index (χ0n) is 52.5. The molecule has 518 valence electrons. The first kappa shape index (κ1) is 84.2. The van der Waals surface area contributed by atoms with Crippen molar-refractivity contribution in [3.8, 4) is 6.07 Å². The first-order chi connectivity index (χ1) is 41.5. The summed E-state index contributed by atoms with van der Waals surface area (Å²) in [6.45, 7) is 29.6. The number of imidazole rings is 4. The third-order valence-electron chi connectivity index (χ3n) is 11.3. The molecule has 5 rings (SSSR count). The molecule has 0 spiro atoms. The van der Waals surface area contributed by atoms with E-state index in [1.54, 1.807) is 18.2 Å². The van der Waals surface area contributed by atoms with Crippen LogP contribution in [0.4, 0.5) is 50.4 Å². The molecule has 0 amide bonds. The van der Waals surface area contributed by atoms with E-state index in [1.807, 2.05) is 13.8 Å². The number of nitrogens with zero attached hydrogens (tertiary/aromatic N) is 9. The number of aromatic nitrogens is 8. The maximum absolute atomic E-state index is 11.8. The van der Waals surface area contributed by atoms with Gasteiger partial charge in [-0.2, -0.15) is 13.7 Å². The van der Waals surface area contributed by atoms with Crippen LogP contribution in [0.1, 0.15) is 105 Å². The summed E-state index contributed by atoms with van der Waals surface area (Å²) < 4.78 is 198. The molecule has 5 aromatic rings. The van der Waals surface area contributed by atoms with Crippen LogP contribution in [0.15, 0.2) is 104 Å². The summed E-state index contributed by atoms with van der Waals surface area (Å²) in [6, 6.07) is 8.28. The summed E-state index contributed by atoms with van der Waals surface area (Å²) in [6.07, 6.45) is 36.4. The molecule has 18 nitrogen and oxygen atoms in total. The molecule has 0 fully saturated rings. The molecular weight excluding hydrogens is 1260 g/mol. The third kappa shape index (κ3) is 59.3. The second kappa shape index (κ2) is 42.4. The number of unbranched alkanes of at least 4 members (excludes halogenated alkanes) is 4. The molecule has 0 aliphatic rings. The topological polar surface area (TPSA) is 158 Å². The van der Waals surface area contributed by atoms with Gasteiger partial charge in [0, 0.05) is 13.5 Å². The summed E-state index contributed by atoms with van der Waals surface area (Å²) in [4.78, 5) is 0.161. The number of halogens is 12. The minimum atomic E-state index is -10.7. The van der Waals surface area contributed by atoms with Gasteiger partial charge in [0.25, 0.3) is 10.1 Å². The molecule has 4 aromatic heterocycles. The van der Waals surface area contributed by atoms with Crippen LogP contribution >= 0.6 is 15.6 Å². The van der Waals surface area contributed by atoms with Gasteiger partial charge in [-0.05, 0) is 51.2 Å². The summed E-state index contributed by atoms with van der Waals surface area (Å²) in [5, 5.41) is 7.32. The molecule has 0 radical (unpaired) electrons. The average Bonchev–Trinajstić information content (AvgIpc) is 4.48. The number of aryl methyl sites for hydroxylation is 5. The van der Waals surface area contributed by atoms with Gasteiger partial charge in [0.1, 0.15) is 75.8 Å². The molecule has 0 saturated carbocycles. The summed E-state index contributed by atoms with van der Waals surface area (Å²) in [5.41, 5.74) is 0.999. The van der Waals surface area contributed by atoms with Crippen LogP contribution in [0, 0.1) is 18.3 Å². The van der Waals surface area contributed by atoms with Gasteiger partial charge < -0.3 is 28.4 Å². The van der Waals surface area contributed by atoms with E-state index in [0.29, 0.717) is 46.2 Å². The van der Waals surface area contributed by atoms with Crippen LogP contribution < -0.4 is 18.3 Å². The van der Waals surface area contributed by atoms with Crippen LogP contribution in [0.2, 0.25) is 0 Å². The van der Waals surface area contributed by atoms with Gasteiger partial charge in [-0.3, -0.25) is 4.18 Å².